The van der Waals surface area contributed by atoms with E-state index >= 15 is 0 Å². The van der Waals surface area contributed by atoms with Gasteiger partial charge in [0.15, 0.2) is 0 Å². The Balaban J connectivity index is 3.29. The van der Waals surface area contributed by atoms with E-state index in [-0.39, 0.29) is 4.90 Å². The van der Waals surface area contributed by atoms with E-state index in [2.05, 4.69) is 5.10 Å². The predicted molar refractivity (Wildman–Crippen MR) is 23.4 cm³/mol. The van der Waals surface area contributed by atoms with Crippen molar-refractivity contribution in [3.8, 4) is 0 Å². The summed E-state index contributed by atoms with van der Waals surface area (Å²) in [4.78, 5) is -0.343. The predicted octanol–water partition coefficient (Wildman–Crippen LogP) is 1.20. The molecule has 1 aromatic heterocycles. The van der Waals surface area contributed by atoms with Gasteiger partial charge in [-0.15, -0.1) is 5.10 Å². The molecule has 2 nitrogen and oxygen atoms in total. The first-order chi connectivity index (χ1) is 4.13. The summed E-state index contributed by atoms with van der Waals surface area (Å²) in [5.74, 6) is -2.65. The van der Waals surface area contributed by atoms with Gasteiger partial charge in [-0.2, -0.15) is 8.78 Å². The molecule has 1 heterocycles. The fourth-order valence-electron chi connectivity index (χ4n) is 0.426. The maximum Gasteiger partial charge on any atom is 0.271 e. The van der Waals surface area contributed by atoms with Crippen molar-refractivity contribution in [1.29, 1.82) is 0 Å². The first kappa shape index (κ1) is 6.12. The normalized spacial score (nSPS) is 10.2. The Labute approximate surface area is 48.8 Å². The Morgan fingerprint density at radius 1 is 1.44 bits per heavy atom. The third kappa shape index (κ3) is 0.778. The van der Waals surface area contributed by atoms with Gasteiger partial charge >= 0.3 is 0 Å². The van der Waals surface area contributed by atoms with E-state index in [1.807, 2.05) is 0 Å². The van der Waals surface area contributed by atoms with E-state index in [0.29, 0.717) is 0 Å². The van der Waals surface area contributed by atoms with Crippen molar-refractivity contribution in [3.05, 3.63) is 17.5 Å². The lowest BCUT2D eigenvalue weighted by molar-refractivity contribution is 0.294. The number of nitrogens with zero attached hydrogens (tertiary/aromatic N) is 2. The summed E-state index contributed by atoms with van der Waals surface area (Å²) in [5, 5.41) is 2.52. The summed E-state index contributed by atoms with van der Waals surface area (Å²) in [5.41, 5.74) is -0.451. The van der Waals surface area contributed by atoms with Gasteiger partial charge in [-0.3, -0.25) is 0 Å². The molecule has 0 aliphatic heterocycles. The van der Waals surface area contributed by atoms with Crippen LogP contribution in [0.5, 0.6) is 0 Å². The standard InChI is InChI=1S/C4H3F3N2/c1-2-3(5)4(6)8-9(2)7/h1H3. The minimum absolute atomic E-state index is 0.343. The van der Waals surface area contributed by atoms with Crippen LogP contribution in [0.2, 0.25) is 0 Å². The van der Waals surface area contributed by atoms with Gasteiger partial charge in [0.05, 0.1) is 0 Å². The Hall–Kier alpha value is -1.00. The van der Waals surface area contributed by atoms with Gasteiger partial charge in [0.25, 0.3) is 5.95 Å². The monoisotopic (exact) mass is 136 g/mol. The zero-order valence-corrected chi connectivity index (χ0v) is 4.53. The number of hydrogen-bond acceptors (Lipinski definition) is 1. The molecule has 0 unspecified atom stereocenters. The average Bonchev–Trinajstić information content (AvgIpc) is 1.98. The first-order valence-electron chi connectivity index (χ1n) is 2.19. The van der Waals surface area contributed by atoms with Crippen molar-refractivity contribution >= 4 is 0 Å². The number of halogens is 3. The van der Waals surface area contributed by atoms with Crippen LogP contribution in [-0.4, -0.2) is 10.0 Å². The quantitative estimate of drug-likeness (QED) is 0.524. The van der Waals surface area contributed by atoms with Crippen molar-refractivity contribution < 1.29 is 13.3 Å². The van der Waals surface area contributed by atoms with Crippen molar-refractivity contribution in [1.82, 2.24) is 10.0 Å². The zero-order valence-electron chi connectivity index (χ0n) is 4.53. The van der Waals surface area contributed by atoms with Crippen LogP contribution in [0.4, 0.5) is 13.3 Å². The van der Waals surface area contributed by atoms with Gasteiger partial charge in [-0.25, -0.2) is 0 Å². The highest BCUT2D eigenvalue weighted by molar-refractivity contribution is 5.01. The summed E-state index contributed by atoms with van der Waals surface area (Å²) in [6, 6.07) is 0. The highest BCUT2D eigenvalue weighted by Gasteiger charge is 2.12. The van der Waals surface area contributed by atoms with E-state index < -0.39 is 17.5 Å². The van der Waals surface area contributed by atoms with Crippen LogP contribution < -0.4 is 0 Å². The van der Waals surface area contributed by atoms with Crippen LogP contribution >= 0.6 is 0 Å². The number of hydrogen-bond donors (Lipinski definition) is 0. The molecule has 0 radical (unpaired) electrons. The van der Waals surface area contributed by atoms with E-state index in [0.717, 1.165) is 6.92 Å². The van der Waals surface area contributed by atoms with Crippen molar-refractivity contribution in [2.45, 2.75) is 6.92 Å². The van der Waals surface area contributed by atoms with Crippen molar-refractivity contribution in [3.63, 3.8) is 0 Å². The number of rotatable bonds is 0. The van der Waals surface area contributed by atoms with E-state index in [1.54, 1.807) is 0 Å². The Morgan fingerprint density at radius 2 is 2.00 bits per heavy atom. The van der Waals surface area contributed by atoms with Gasteiger partial charge in [-0.1, -0.05) is 9.39 Å². The molecule has 0 amide bonds. The van der Waals surface area contributed by atoms with Crippen LogP contribution in [-0.2, 0) is 0 Å². The fraction of sp³-hybridized carbons (Fsp3) is 0.250. The molecular weight excluding hydrogens is 133 g/mol. The SMILES string of the molecule is Cc1c(F)c(F)nn1F. The van der Waals surface area contributed by atoms with Gasteiger partial charge in [-0.05, 0) is 6.92 Å². The lowest BCUT2D eigenvalue weighted by atomic mass is 10.5. The van der Waals surface area contributed by atoms with Gasteiger partial charge in [0.1, 0.15) is 5.69 Å². The Bertz CT molecular complexity index is 207. The highest BCUT2D eigenvalue weighted by Crippen LogP contribution is 2.08. The molecule has 0 aromatic carbocycles. The lowest BCUT2D eigenvalue weighted by Gasteiger charge is -1.81. The third-order valence-electron chi connectivity index (χ3n) is 0.951. The molecule has 1 aromatic rings. The molecule has 0 spiro atoms. The van der Waals surface area contributed by atoms with E-state index in [9.17, 15) is 13.3 Å². The van der Waals surface area contributed by atoms with Crippen molar-refractivity contribution in [2.24, 2.45) is 0 Å². The minimum Gasteiger partial charge on any atom is -0.200 e. The molecule has 0 saturated heterocycles. The first-order valence-corrected chi connectivity index (χ1v) is 2.19. The van der Waals surface area contributed by atoms with Gasteiger partial charge in [0, 0.05) is 0 Å². The summed E-state index contributed by atoms with van der Waals surface area (Å²) in [6.07, 6.45) is 0. The summed E-state index contributed by atoms with van der Waals surface area (Å²) in [7, 11) is 0. The molecule has 5 heteroatoms. The van der Waals surface area contributed by atoms with Crippen molar-refractivity contribution in [2.75, 3.05) is 0 Å². The molecule has 0 N–H and O–H groups in total. The third-order valence-corrected chi connectivity index (χ3v) is 0.951. The minimum atomic E-state index is -1.41. The van der Waals surface area contributed by atoms with Gasteiger partial charge in [0.2, 0.25) is 5.82 Å². The molecule has 1 rings (SSSR count). The van der Waals surface area contributed by atoms with Crippen LogP contribution in [0.3, 0.4) is 0 Å². The Kier molecular flexibility index (Phi) is 1.19. The highest BCUT2D eigenvalue weighted by atomic mass is 19.2. The average molecular weight is 136 g/mol. The molecule has 0 bridgehead atoms. The van der Waals surface area contributed by atoms with E-state index in [1.165, 1.54) is 0 Å². The van der Waals surface area contributed by atoms with Crippen LogP contribution in [0, 0.1) is 18.7 Å². The van der Waals surface area contributed by atoms with Crippen LogP contribution in [0.1, 0.15) is 5.69 Å². The molecule has 50 valence electrons. The van der Waals surface area contributed by atoms with Crippen LogP contribution in [0.25, 0.3) is 0 Å². The summed E-state index contributed by atoms with van der Waals surface area (Å²) in [6.45, 7) is 1.09. The zero-order chi connectivity index (χ0) is 7.02. The largest absolute Gasteiger partial charge is 0.271 e. The van der Waals surface area contributed by atoms with E-state index in [4.69, 9.17) is 0 Å². The second kappa shape index (κ2) is 1.75. The molecule has 0 atom stereocenters. The molecule has 9 heavy (non-hydrogen) atoms. The topological polar surface area (TPSA) is 17.8 Å². The molecular formula is C4H3F3N2. The smallest absolute Gasteiger partial charge is 0.200 e. The lowest BCUT2D eigenvalue weighted by Crippen LogP contribution is -1.86. The second-order valence-electron chi connectivity index (χ2n) is 1.55. The van der Waals surface area contributed by atoms with Gasteiger partial charge < -0.3 is 0 Å². The Morgan fingerprint density at radius 3 is 2.11 bits per heavy atom. The second-order valence-corrected chi connectivity index (χ2v) is 1.55. The summed E-state index contributed by atoms with van der Waals surface area (Å²) < 4.78 is 35.8. The molecule has 0 saturated carbocycles. The molecule has 0 aliphatic carbocycles. The summed E-state index contributed by atoms with van der Waals surface area (Å²) >= 11 is 0. The number of aromatic nitrogens is 2. The maximum absolute atomic E-state index is 12.1. The molecule has 0 aliphatic rings. The van der Waals surface area contributed by atoms with Crippen LogP contribution in [0.15, 0.2) is 0 Å². The molecule has 0 fully saturated rings. The fourth-order valence-corrected chi connectivity index (χ4v) is 0.426. The maximum atomic E-state index is 12.1.